The number of rotatable bonds is 2. The zero-order valence-corrected chi connectivity index (χ0v) is 9.65. The predicted octanol–water partition coefficient (Wildman–Crippen LogP) is 1.41. The van der Waals surface area contributed by atoms with Crippen molar-refractivity contribution in [3.05, 3.63) is 17.2 Å². The first kappa shape index (κ1) is 10.0. The maximum atomic E-state index is 11.0. The van der Waals surface area contributed by atoms with E-state index >= 15 is 0 Å². The van der Waals surface area contributed by atoms with Crippen LogP contribution in [0.2, 0.25) is 0 Å². The van der Waals surface area contributed by atoms with E-state index < -0.39 is 0 Å². The first-order chi connectivity index (χ1) is 7.79. The summed E-state index contributed by atoms with van der Waals surface area (Å²) in [4.78, 5) is 17.8. The minimum atomic E-state index is 0.607. The second kappa shape index (κ2) is 3.70. The maximum Gasteiger partial charge on any atom is 0.170 e. The number of carbonyl (C=O) groups excluding carboxylic acids is 1. The average Bonchev–Trinajstić information content (AvgIpc) is 2.54. The molecule has 0 atom stereocenters. The monoisotopic (exact) mass is 219 g/mol. The van der Waals surface area contributed by atoms with Gasteiger partial charge in [0.2, 0.25) is 0 Å². The van der Waals surface area contributed by atoms with Crippen LogP contribution in [-0.4, -0.2) is 34.3 Å². The number of carbonyl (C=O) groups is 1. The van der Waals surface area contributed by atoms with E-state index in [9.17, 15) is 4.79 Å². The molecule has 3 rings (SSSR count). The summed E-state index contributed by atoms with van der Waals surface area (Å²) in [6.45, 7) is 2.90. The highest BCUT2D eigenvalue weighted by Gasteiger charge is 2.29. The van der Waals surface area contributed by atoms with Gasteiger partial charge in [0.05, 0.1) is 5.69 Å². The molecule has 16 heavy (non-hydrogen) atoms. The SMILES string of the molecule is CN1CCn2c(C3CCC3)nc(C=O)c2C1. The lowest BCUT2D eigenvalue weighted by Crippen LogP contribution is -2.32. The Morgan fingerprint density at radius 3 is 2.81 bits per heavy atom. The fourth-order valence-electron chi connectivity index (χ4n) is 2.62. The zero-order chi connectivity index (χ0) is 11.1. The molecule has 0 amide bonds. The molecule has 4 heteroatoms. The van der Waals surface area contributed by atoms with E-state index in [-0.39, 0.29) is 0 Å². The Morgan fingerprint density at radius 2 is 2.19 bits per heavy atom. The molecular weight excluding hydrogens is 202 g/mol. The van der Waals surface area contributed by atoms with Crippen LogP contribution in [0.4, 0.5) is 0 Å². The van der Waals surface area contributed by atoms with E-state index in [1.54, 1.807) is 0 Å². The minimum absolute atomic E-state index is 0.607. The number of hydrogen-bond acceptors (Lipinski definition) is 3. The Balaban J connectivity index is 2.03. The Bertz CT molecular complexity index is 420. The van der Waals surface area contributed by atoms with Gasteiger partial charge in [0.25, 0.3) is 0 Å². The molecule has 2 heterocycles. The molecule has 1 aliphatic heterocycles. The molecule has 0 saturated heterocycles. The third-order valence-corrected chi connectivity index (χ3v) is 3.84. The number of imidazole rings is 1. The Morgan fingerprint density at radius 1 is 1.38 bits per heavy atom. The van der Waals surface area contributed by atoms with Gasteiger partial charge < -0.3 is 4.57 Å². The first-order valence-electron chi connectivity index (χ1n) is 6.02. The summed E-state index contributed by atoms with van der Waals surface area (Å²) in [7, 11) is 2.09. The van der Waals surface area contributed by atoms with E-state index in [1.807, 2.05) is 0 Å². The predicted molar refractivity (Wildman–Crippen MR) is 60.5 cm³/mol. The summed E-state index contributed by atoms with van der Waals surface area (Å²) in [5.74, 6) is 1.77. The molecule has 0 unspecified atom stereocenters. The molecule has 86 valence electrons. The van der Waals surface area contributed by atoms with Gasteiger partial charge in [0, 0.05) is 25.6 Å². The summed E-state index contributed by atoms with van der Waals surface area (Å²) >= 11 is 0. The van der Waals surface area contributed by atoms with Crippen molar-refractivity contribution in [1.29, 1.82) is 0 Å². The number of likely N-dealkylation sites (N-methyl/N-ethyl adjacent to an activating group) is 1. The number of fused-ring (bicyclic) bond motifs is 1. The third-order valence-electron chi connectivity index (χ3n) is 3.84. The third kappa shape index (κ3) is 1.40. The molecule has 0 N–H and O–H groups in total. The van der Waals surface area contributed by atoms with Crippen LogP contribution in [0.3, 0.4) is 0 Å². The van der Waals surface area contributed by atoms with Gasteiger partial charge in [-0.3, -0.25) is 9.69 Å². The molecule has 1 aromatic rings. The first-order valence-corrected chi connectivity index (χ1v) is 6.02. The van der Waals surface area contributed by atoms with Crippen LogP contribution < -0.4 is 0 Å². The van der Waals surface area contributed by atoms with Crippen LogP contribution in [0.25, 0.3) is 0 Å². The van der Waals surface area contributed by atoms with E-state index in [2.05, 4.69) is 21.5 Å². The maximum absolute atomic E-state index is 11.0. The second-order valence-electron chi connectivity index (χ2n) is 4.94. The van der Waals surface area contributed by atoms with Crippen molar-refractivity contribution in [3.8, 4) is 0 Å². The fourth-order valence-corrected chi connectivity index (χ4v) is 2.62. The lowest BCUT2D eigenvalue weighted by Gasteiger charge is -2.30. The van der Waals surface area contributed by atoms with E-state index in [1.165, 1.54) is 19.3 Å². The van der Waals surface area contributed by atoms with Gasteiger partial charge in [0.15, 0.2) is 6.29 Å². The van der Waals surface area contributed by atoms with Crippen LogP contribution in [0.5, 0.6) is 0 Å². The number of nitrogens with zero attached hydrogens (tertiary/aromatic N) is 3. The molecule has 0 spiro atoms. The molecule has 1 aliphatic carbocycles. The number of aromatic nitrogens is 2. The van der Waals surface area contributed by atoms with Crippen molar-refractivity contribution in [2.45, 2.75) is 38.3 Å². The summed E-state index contributed by atoms with van der Waals surface area (Å²) < 4.78 is 2.29. The lowest BCUT2D eigenvalue weighted by atomic mass is 9.85. The summed E-state index contributed by atoms with van der Waals surface area (Å²) in [6, 6.07) is 0. The van der Waals surface area contributed by atoms with Crippen molar-refractivity contribution < 1.29 is 4.79 Å². The van der Waals surface area contributed by atoms with Crippen molar-refractivity contribution >= 4 is 6.29 Å². The van der Waals surface area contributed by atoms with Crippen molar-refractivity contribution in [2.24, 2.45) is 0 Å². The van der Waals surface area contributed by atoms with Crippen LogP contribution in [-0.2, 0) is 13.1 Å². The normalized spacial score (nSPS) is 21.6. The minimum Gasteiger partial charge on any atom is -0.329 e. The molecule has 0 bridgehead atoms. The van der Waals surface area contributed by atoms with Gasteiger partial charge in [-0.05, 0) is 19.9 Å². The molecule has 2 aliphatic rings. The number of aldehydes is 1. The number of hydrogen-bond donors (Lipinski definition) is 0. The highest BCUT2D eigenvalue weighted by Crippen LogP contribution is 2.37. The van der Waals surface area contributed by atoms with Crippen LogP contribution >= 0.6 is 0 Å². The Hall–Kier alpha value is -1.16. The summed E-state index contributed by atoms with van der Waals surface area (Å²) in [5.41, 5.74) is 1.78. The topological polar surface area (TPSA) is 38.1 Å². The smallest absolute Gasteiger partial charge is 0.170 e. The summed E-state index contributed by atoms with van der Waals surface area (Å²) in [6.07, 6.45) is 4.70. The standard InChI is InChI=1S/C12H17N3O/c1-14-5-6-15-11(7-14)10(8-16)13-12(15)9-3-2-4-9/h8-9H,2-7H2,1H3. The lowest BCUT2D eigenvalue weighted by molar-refractivity contribution is 0.111. The quantitative estimate of drug-likeness (QED) is 0.706. The van der Waals surface area contributed by atoms with Crippen molar-refractivity contribution in [2.75, 3.05) is 13.6 Å². The molecular formula is C12H17N3O. The van der Waals surface area contributed by atoms with Crippen LogP contribution in [0, 0.1) is 0 Å². The largest absolute Gasteiger partial charge is 0.329 e. The fraction of sp³-hybridized carbons (Fsp3) is 0.667. The molecule has 0 aromatic carbocycles. The van der Waals surface area contributed by atoms with Gasteiger partial charge in [0.1, 0.15) is 11.5 Å². The highest BCUT2D eigenvalue weighted by molar-refractivity contribution is 5.74. The molecule has 1 fully saturated rings. The van der Waals surface area contributed by atoms with E-state index in [0.29, 0.717) is 11.6 Å². The van der Waals surface area contributed by atoms with Crippen LogP contribution in [0.1, 0.15) is 47.2 Å². The molecule has 1 aromatic heterocycles. The molecule has 4 nitrogen and oxygen atoms in total. The molecule has 0 radical (unpaired) electrons. The van der Waals surface area contributed by atoms with Crippen molar-refractivity contribution in [1.82, 2.24) is 14.5 Å². The Kier molecular flexibility index (Phi) is 2.32. The highest BCUT2D eigenvalue weighted by atomic mass is 16.1. The van der Waals surface area contributed by atoms with E-state index in [0.717, 1.165) is 37.4 Å². The van der Waals surface area contributed by atoms with E-state index in [4.69, 9.17) is 0 Å². The van der Waals surface area contributed by atoms with Gasteiger partial charge in [-0.15, -0.1) is 0 Å². The molecule has 1 saturated carbocycles. The Labute approximate surface area is 95.3 Å². The summed E-state index contributed by atoms with van der Waals surface area (Å²) in [5, 5.41) is 0. The van der Waals surface area contributed by atoms with Crippen LogP contribution in [0.15, 0.2) is 0 Å². The van der Waals surface area contributed by atoms with Gasteiger partial charge in [-0.2, -0.15) is 0 Å². The second-order valence-corrected chi connectivity index (χ2v) is 4.94. The van der Waals surface area contributed by atoms with Crippen molar-refractivity contribution in [3.63, 3.8) is 0 Å². The van der Waals surface area contributed by atoms with Gasteiger partial charge >= 0.3 is 0 Å². The van der Waals surface area contributed by atoms with Gasteiger partial charge in [-0.1, -0.05) is 6.42 Å². The van der Waals surface area contributed by atoms with Gasteiger partial charge in [-0.25, -0.2) is 4.98 Å². The average molecular weight is 219 g/mol. The zero-order valence-electron chi connectivity index (χ0n) is 9.65.